The molecule has 0 heterocycles. The molecular formula is C18H19ClFNO. The summed E-state index contributed by atoms with van der Waals surface area (Å²) in [5.41, 5.74) is 2.05. The van der Waals surface area contributed by atoms with Crippen LogP contribution >= 0.6 is 11.6 Å². The first-order valence-electron chi connectivity index (χ1n) is 7.01. The highest BCUT2D eigenvalue weighted by molar-refractivity contribution is 6.30. The summed E-state index contributed by atoms with van der Waals surface area (Å²) in [6, 6.07) is 13.3. The van der Waals surface area contributed by atoms with Gasteiger partial charge in [0, 0.05) is 11.6 Å². The Morgan fingerprint density at radius 1 is 1.23 bits per heavy atom. The Morgan fingerprint density at radius 2 is 1.95 bits per heavy atom. The summed E-state index contributed by atoms with van der Waals surface area (Å²) in [5, 5.41) is 11.3. The van der Waals surface area contributed by atoms with Crippen LogP contribution in [0, 0.1) is 5.82 Å². The van der Waals surface area contributed by atoms with Gasteiger partial charge in [0.2, 0.25) is 0 Å². The maximum Gasteiger partial charge on any atom is 0.123 e. The van der Waals surface area contributed by atoms with E-state index >= 15 is 0 Å². The first-order valence-corrected chi connectivity index (χ1v) is 7.39. The number of nitrogens with zero attached hydrogens (tertiary/aromatic N) is 1. The SMILES string of the molecule is CN(C)CC=C(c1cccc(Cl)c1)C(O)c1cccc(F)c1. The molecule has 0 bridgehead atoms. The van der Waals surface area contributed by atoms with Gasteiger partial charge >= 0.3 is 0 Å². The standard InChI is InChI=1S/C18H19ClFNO/c1-21(2)10-9-17(13-5-3-7-15(19)11-13)18(22)14-6-4-8-16(20)12-14/h3-9,11-12,18,22H,10H2,1-2H3. The number of hydrogen-bond acceptors (Lipinski definition) is 2. The average molecular weight is 320 g/mol. The summed E-state index contributed by atoms with van der Waals surface area (Å²) in [5.74, 6) is -0.366. The van der Waals surface area contributed by atoms with Gasteiger partial charge in [0.25, 0.3) is 0 Å². The van der Waals surface area contributed by atoms with Gasteiger partial charge in [-0.15, -0.1) is 0 Å². The molecule has 1 unspecified atom stereocenters. The lowest BCUT2D eigenvalue weighted by atomic mass is 9.94. The van der Waals surface area contributed by atoms with E-state index in [1.165, 1.54) is 12.1 Å². The number of rotatable bonds is 5. The molecule has 2 rings (SSSR count). The fourth-order valence-corrected chi connectivity index (χ4v) is 2.38. The summed E-state index contributed by atoms with van der Waals surface area (Å²) in [4.78, 5) is 1.99. The molecule has 2 aromatic carbocycles. The smallest absolute Gasteiger partial charge is 0.123 e. The molecule has 0 aliphatic carbocycles. The molecule has 0 saturated heterocycles. The molecule has 0 aromatic heterocycles. The van der Waals surface area contributed by atoms with Crippen LogP contribution in [0.15, 0.2) is 54.6 Å². The lowest BCUT2D eigenvalue weighted by molar-refractivity contribution is 0.237. The Balaban J connectivity index is 2.42. The van der Waals surface area contributed by atoms with E-state index in [1.807, 2.05) is 37.2 Å². The molecule has 0 amide bonds. The first-order chi connectivity index (χ1) is 10.5. The molecule has 1 atom stereocenters. The maximum absolute atomic E-state index is 13.4. The number of halogens is 2. The number of benzene rings is 2. The minimum absolute atomic E-state index is 0.366. The minimum Gasteiger partial charge on any atom is -0.384 e. The highest BCUT2D eigenvalue weighted by Crippen LogP contribution is 2.31. The zero-order valence-corrected chi connectivity index (χ0v) is 13.4. The maximum atomic E-state index is 13.4. The van der Waals surface area contributed by atoms with Crippen LogP contribution in [0.2, 0.25) is 5.02 Å². The van der Waals surface area contributed by atoms with Gasteiger partial charge in [-0.05, 0) is 55.1 Å². The summed E-state index contributed by atoms with van der Waals surface area (Å²) in [6.07, 6.45) is 1.02. The zero-order valence-electron chi connectivity index (χ0n) is 12.6. The van der Waals surface area contributed by atoms with E-state index in [0.717, 1.165) is 5.56 Å². The zero-order chi connectivity index (χ0) is 16.1. The van der Waals surface area contributed by atoms with Crippen LogP contribution in [0.25, 0.3) is 5.57 Å². The van der Waals surface area contributed by atoms with E-state index in [1.54, 1.807) is 24.3 Å². The lowest BCUT2D eigenvalue weighted by Crippen LogP contribution is -2.12. The molecule has 0 saturated carbocycles. The summed E-state index contributed by atoms with van der Waals surface area (Å²) in [6.45, 7) is 0.661. The topological polar surface area (TPSA) is 23.5 Å². The van der Waals surface area contributed by atoms with Crippen LogP contribution in [-0.2, 0) is 0 Å². The fraction of sp³-hybridized carbons (Fsp3) is 0.222. The van der Waals surface area contributed by atoms with E-state index in [9.17, 15) is 9.50 Å². The van der Waals surface area contributed by atoms with E-state index in [0.29, 0.717) is 22.7 Å². The average Bonchev–Trinajstić information content (AvgIpc) is 2.47. The molecule has 22 heavy (non-hydrogen) atoms. The van der Waals surface area contributed by atoms with E-state index in [2.05, 4.69) is 0 Å². The van der Waals surface area contributed by atoms with Gasteiger partial charge in [0.05, 0.1) is 0 Å². The number of likely N-dealkylation sites (N-methyl/N-ethyl adjacent to an activating group) is 1. The number of aliphatic hydroxyl groups is 1. The third kappa shape index (κ3) is 4.41. The Labute approximate surface area is 135 Å². The monoisotopic (exact) mass is 319 g/mol. The number of aliphatic hydroxyl groups excluding tert-OH is 1. The Kier molecular flexibility index (Phi) is 5.72. The van der Waals surface area contributed by atoms with Gasteiger partial charge in [-0.25, -0.2) is 4.39 Å². The molecule has 0 aliphatic heterocycles. The molecule has 2 nitrogen and oxygen atoms in total. The van der Waals surface area contributed by atoms with Crippen LogP contribution in [-0.4, -0.2) is 30.6 Å². The van der Waals surface area contributed by atoms with Gasteiger partial charge in [-0.2, -0.15) is 0 Å². The molecular weight excluding hydrogens is 301 g/mol. The van der Waals surface area contributed by atoms with Crippen molar-refractivity contribution in [1.82, 2.24) is 4.90 Å². The van der Waals surface area contributed by atoms with Gasteiger partial charge in [-0.3, -0.25) is 0 Å². The molecule has 0 spiro atoms. The Morgan fingerprint density at radius 3 is 2.59 bits per heavy atom. The first kappa shape index (κ1) is 16.7. The fourth-order valence-electron chi connectivity index (χ4n) is 2.19. The minimum atomic E-state index is -0.908. The van der Waals surface area contributed by atoms with Gasteiger partial charge in [0.15, 0.2) is 0 Å². The van der Waals surface area contributed by atoms with Gasteiger partial charge in [-0.1, -0.05) is 41.9 Å². The summed E-state index contributed by atoms with van der Waals surface area (Å²) < 4.78 is 13.4. The van der Waals surface area contributed by atoms with E-state index in [4.69, 9.17) is 11.6 Å². The third-order valence-corrected chi connectivity index (χ3v) is 3.53. The molecule has 1 N–H and O–H groups in total. The van der Waals surface area contributed by atoms with Gasteiger partial charge < -0.3 is 10.0 Å². The second kappa shape index (κ2) is 7.54. The number of hydrogen-bond donors (Lipinski definition) is 1. The van der Waals surface area contributed by atoms with E-state index in [-0.39, 0.29) is 5.82 Å². The van der Waals surface area contributed by atoms with Crippen molar-refractivity contribution in [3.8, 4) is 0 Å². The highest BCUT2D eigenvalue weighted by atomic mass is 35.5. The van der Waals surface area contributed by atoms with Crippen LogP contribution < -0.4 is 0 Å². The third-order valence-electron chi connectivity index (χ3n) is 3.29. The highest BCUT2D eigenvalue weighted by Gasteiger charge is 2.16. The van der Waals surface area contributed by atoms with Crippen molar-refractivity contribution in [2.45, 2.75) is 6.10 Å². The Hall–Kier alpha value is -1.68. The van der Waals surface area contributed by atoms with Crippen LogP contribution in [0.4, 0.5) is 4.39 Å². The second-order valence-corrected chi connectivity index (χ2v) is 5.83. The van der Waals surface area contributed by atoms with Crippen molar-refractivity contribution in [3.63, 3.8) is 0 Å². The van der Waals surface area contributed by atoms with Gasteiger partial charge in [0.1, 0.15) is 11.9 Å². The largest absolute Gasteiger partial charge is 0.384 e. The molecule has 0 radical (unpaired) electrons. The summed E-state index contributed by atoms with van der Waals surface area (Å²) >= 11 is 6.05. The lowest BCUT2D eigenvalue weighted by Gasteiger charge is -2.18. The molecule has 2 aromatic rings. The predicted molar refractivity (Wildman–Crippen MR) is 89.3 cm³/mol. The van der Waals surface area contributed by atoms with E-state index < -0.39 is 6.10 Å². The van der Waals surface area contributed by atoms with Crippen LogP contribution in [0.3, 0.4) is 0 Å². The van der Waals surface area contributed by atoms with Crippen LogP contribution in [0.1, 0.15) is 17.2 Å². The molecule has 4 heteroatoms. The van der Waals surface area contributed by atoms with Crippen molar-refractivity contribution in [1.29, 1.82) is 0 Å². The van der Waals surface area contributed by atoms with Crippen molar-refractivity contribution < 1.29 is 9.50 Å². The second-order valence-electron chi connectivity index (χ2n) is 5.39. The molecule has 116 valence electrons. The van der Waals surface area contributed by atoms with Crippen molar-refractivity contribution >= 4 is 17.2 Å². The Bertz CT molecular complexity index is 670. The predicted octanol–water partition coefficient (Wildman–Crippen LogP) is 4.16. The summed E-state index contributed by atoms with van der Waals surface area (Å²) in [7, 11) is 3.89. The van der Waals surface area contributed by atoms with Crippen LogP contribution in [0.5, 0.6) is 0 Å². The molecule has 0 aliphatic rings. The van der Waals surface area contributed by atoms with Crippen molar-refractivity contribution in [3.05, 3.63) is 76.6 Å². The molecule has 0 fully saturated rings. The normalized spacial score (nSPS) is 13.5. The van der Waals surface area contributed by atoms with Crippen molar-refractivity contribution in [2.75, 3.05) is 20.6 Å². The van der Waals surface area contributed by atoms with Crippen molar-refractivity contribution in [2.24, 2.45) is 0 Å². The quantitative estimate of drug-likeness (QED) is 0.894.